The zero-order valence-electron chi connectivity index (χ0n) is 17.8. The summed E-state index contributed by atoms with van der Waals surface area (Å²) in [7, 11) is 1.22. The molecule has 0 aliphatic carbocycles. The number of carbonyl (C=O) groups excluding carboxylic acids is 3. The number of hydrogen-bond acceptors (Lipinski definition) is 8. The summed E-state index contributed by atoms with van der Waals surface area (Å²) in [5, 5.41) is 12.4. The summed E-state index contributed by atoms with van der Waals surface area (Å²) in [6.07, 6.45) is 1.70. The largest absolute Gasteiger partial charge is 0.465 e. The van der Waals surface area contributed by atoms with Crippen molar-refractivity contribution in [2.45, 2.75) is 18.6 Å². The Bertz CT molecular complexity index is 1220. The first kappa shape index (κ1) is 24.5. The van der Waals surface area contributed by atoms with Crippen molar-refractivity contribution in [3.8, 4) is 11.4 Å². The number of benzene rings is 1. The molecule has 3 N–H and O–H groups in total. The number of methoxy groups -OCH3 is 1. The number of halogens is 1. The Morgan fingerprint density at radius 2 is 2.00 bits per heavy atom. The van der Waals surface area contributed by atoms with Crippen LogP contribution in [-0.4, -0.2) is 45.4 Å². The molecule has 0 aliphatic heterocycles. The van der Waals surface area contributed by atoms with Crippen LogP contribution in [0.15, 0.2) is 42.1 Å². The quantitative estimate of drug-likeness (QED) is 0.257. The number of aromatic nitrogens is 3. The van der Waals surface area contributed by atoms with Gasteiger partial charge in [0, 0.05) is 17.1 Å². The molecule has 0 atom stereocenters. The summed E-state index contributed by atoms with van der Waals surface area (Å²) >= 11 is 8.06. The fourth-order valence-corrected chi connectivity index (χ4v) is 4.92. The highest BCUT2D eigenvalue weighted by Gasteiger charge is 2.25. The van der Waals surface area contributed by atoms with Gasteiger partial charge in [0.1, 0.15) is 5.00 Å². The number of nitrogens with two attached hydrogens (primary N) is 1. The number of allylic oxidation sites excluding steroid dienone is 1. The number of ether oxygens (including phenoxy) is 1. The van der Waals surface area contributed by atoms with Crippen LogP contribution in [0.3, 0.4) is 0 Å². The Kier molecular flexibility index (Phi) is 7.90. The number of primary amides is 1. The van der Waals surface area contributed by atoms with Crippen molar-refractivity contribution in [2.75, 3.05) is 18.2 Å². The van der Waals surface area contributed by atoms with Gasteiger partial charge in [-0.25, -0.2) is 4.79 Å². The van der Waals surface area contributed by atoms with Crippen LogP contribution in [0.1, 0.15) is 25.6 Å². The Morgan fingerprint density at radius 1 is 1.30 bits per heavy atom. The highest BCUT2D eigenvalue weighted by Crippen LogP contribution is 2.34. The second-order valence-corrected chi connectivity index (χ2v) is 9.06. The summed E-state index contributed by atoms with van der Waals surface area (Å²) < 4.78 is 6.60. The number of carbonyl (C=O) groups is 3. The van der Waals surface area contributed by atoms with Gasteiger partial charge in [-0.3, -0.25) is 14.2 Å². The number of esters is 1. The molecule has 0 unspecified atom stereocenters. The van der Waals surface area contributed by atoms with Crippen LogP contribution >= 0.6 is 34.7 Å². The van der Waals surface area contributed by atoms with E-state index in [2.05, 4.69) is 22.1 Å². The third-order valence-electron chi connectivity index (χ3n) is 4.48. The predicted octanol–water partition coefficient (Wildman–Crippen LogP) is 3.77. The van der Waals surface area contributed by atoms with Crippen molar-refractivity contribution >= 4 is 57.5 Å². The fourth-order valence-electron chi connectivity index (χ4n) is 2.98. The first-order chi connectivity index (χ1) is 15.8. The van der Waals surface area contributed by atoms with E-state index in [1.54, 1.807) is 25.1 Å². The van der Waals surface area contributed by atoms with Crippen molar-refractivity contribution in [3.63, 3.8) is 0 Å². The summed E-state index contributed by atoms with van der Waals surface area (Å²) in [5.41, 5.74) is 6.66. The minimum Gasteiger partial charge on any atom is -0.465 e. The van der Waals surface area contributed by atoms with Gasteiger partial charge in [-0.1, -0.05) is 29.4 Å². The fraction of sp³-hybridized carbons (Fsp3) is 0.190. The van der Waals surface area contributed by atoms with Gasteiger partial charge in [0.25, 0.3) is 5.91 Å². The number of nitrogens with zero attached hydrogens (tertiary/aromatic N) is 3. The van der Waals surface area contributed by atoms with Gasteiger partial charge in [-0.2, -0.15) is 0 Å². The number of hydrogen-bond donors (Lipinski definition) is 2. The molecule has 2 amide bonds. The number of amides is 2. The van der Waals surface area contributed by atoms with Gasteiger partial charge in [0.05, 0.1) is 23.3 Å². The van der Waals surface area contributed by atoms with Crippen LogP contribution in [0.25, 0.3) is 11.4 Å². The van der Waals surface area contributed by atoms with Gasteiger partial charge in [0.2, 0.25) is 5.91 Å². The molecule has 9 nitrogen and oxygen atoms in total. The van der Waals surface area contributed by atoms with Gasteiger partial charge in [-0.15, -0.1) is 28.1 Å². The van der Waals surface area contributed by atoms with Crippen LogP contribution in [0, 0.1) is 6.92 Å². The molecule has 3 aromatic rings. The van der Waals surface area contributed by atoms with E-state index in [1.807, 2.05) is 16.7 Å². The second-order valence-electron chi connectivity index (χ2n) is 6.67. The molecule has 1 aromatic carbocycles. The minimum atomic E-state index is -0.690. The lowest BCUT2D eigenvalue weighted by atomic mass is 10.1. The van der Waals surface area contributed by atoms with Crippen molar-refractivity contribution in [1.82, 2.24) is 14.8 Å². The highest BCUT2D eigenvalue weighted by atomic mass is 35.5. The first-order valence-electron chi connectivity index (χ1n) is 9.51. The average Bonchev–Trinajstić information content (AvgIpc) is 3.33. The number of nitrogens with one attached hydrogen (secondary N) is 1. The van der Waals surface area contributed by atoms with E-state index in [0.717, 1.165) is 16.9 Å². The van der Waals surface area contributed by atoms with E-state index in [9.17, 15) is 14.4 Å². The molecule has 0 aliphatic rings. The molecular formula is C21H20ClN5O4S2. The summed E-state index contributed by atoms with van der Waals surface area (Å²) in [6.45, 7) is 5.78. The maximum Gasteiger partial charge on any atom is 0.341 e. The first-order valence-corrected chi connectivity index (χ1v) is 11.7. The molecule has 2 aromatic heterocycles. The lowest BCUT2D eigenvalue weighted by Crippen LogP contribution is -2.16. The summed E-state index contributed by atoms with van der Waals surface area (Å²) in [6, 6.07) is 7.17. The number of rotatable bonds is 9. The average molecular weight is 506 g/mol. The molecule has 12 heteroatoms. The smallest absolute Gasteiger partial charge is 0.341 e. The van der Waals surface area contributed by atoms with E-state index in [4.69, 9.17) is 22.1 Å². The third kappa shape index (κ3) is 5.44. The van der Waals surface area contributed by atoms with E-state index in [-0.39, 0.29) is 21.2 Å². The predicted molar refractivity (Wildman–Crippen MR) is 129 cm³/mol. The molecule has 33 heavy (non-hydrogen) atoms. The van der Waals surface area contributed by atoms with Crippen LogP contribution in [0.4, 0.5) is 5.00 Å². The summed E-state index contributed by atoms with van der Waals surface area (Å²) in [5.74, 6) is -1.16. The normalized spacial score (nSPS) is 10.6. The third-order valence-corrected chi connectivity index (χ3v) is 6.92. The van der Waals surface area contributed by atoms with Gasteiger partial charge < -0.3 is 15.8 Å². The van der Waals surface area contributed by atoms with E-state index < -0.39 is 17.8 Å². The van der Waals surface area contributed by atoms with Crippen molar-refractivity contribution in [2.24, 2.45) is 5.73 Å². The van der Waals surface area contributed by atoms with Crippen LogP contribution < -0.4 is 11.1 Å². The van der Waals surface area contributed by atoms with Crippen LogP contribution in [-0.2, 0) is 16.1 Å². The van der Waals surface area contributed by atoms with Gasteiger partial charge in [-0.05, 0) is 36.8 Å². The maximum atomic E-state index is 12.6. The maximum absolute atomic E-state index is 12.6. The number of thioether (sulfide) groups is 1. The monoisotopic (exact) mass is 505 g/mol. The molecule has 172 valence electrons. The topological polar surface area (TPSA) is 129 Å². The molecule has 2 heterocycles. The van der Waals surface area contributed by atoms with Crippen molar-refractivity contribution in [1.29, 1.82) is 0 Å². The molecule has 0 saturated carbocycles. The van der Waals surface area contributed by atoms with Crippen LogP contribution in [0.2, 0.25) is 5.02 Å². The minimum absolute atomic E-state index is 0.0145. The Morgan fingerprint density at radius 3 is 2.61 bits per heavy atom. The van der Waals surface area contributed by atoms with Crippen LogP contribution in [0.5, 0.6) is 0 Å². The molecule has 0 fully saturated rings. The molecule has 0 spiro atoms. The standard InChI is InChI=1S/C21H20ClN5O4S2/c1-4-9-27-18(12-5-7-13(22)8-6-12)25-26-21(27)32-10-14(28)24-19-15(20(30)31-3)11(2)16(33-19)17(23)29/h4-8H,1,9-10H2,2-3H3,(H2,23,29)(H,24,28). The Labute approximate surface area is 203 Å². The second kappa shape index (κ2) is 10.6. The number of anilines is 1. The highest BCUT2D eigenvalue weighted by molar-refractivity contribution is 7.99. The zero-order valence-corrected chi connectivity index (χ0v) is 20.1. The lowest BCUT2D eigenvalue weighted by molar-refractivity contribution is -0.113. The Hall–Kier alpha value is -3.15. The summed E-state index contributed by atoms with van der Waals surface area (Å²) in [4.78, 5) is 36.6. The number of thiophene rings is 1. The van der Waals surface area contributed by atoms with E-state index in [1.165, 1.54) is 18.9 Å². The van der Waals surface area contributed by atoms with E-state index in [0.29, 0.717) is 28.1 Å². The Balaban J connectivity index is 1.79. The molecule has 0 radical (unpaired) electrons. The van der Waals surface area contributed by atoms with Crippen molar-refractivity contribution < 1.29 is 19.1 Å². The van der Waals surface area contributed by atoms with Gasteiger partial charge >= 0.3 is 5.97 Å². The molecule has 3 rings (SSSR count). The zero-order chi connectivity index (χ0) is 24.1. The van der Waals surface area contributed by atoms with Gasteiger partial charge in [0.15, 0.2) is 11.0 Å². The molecular weight excluding hydrogens is 486 g/mol. The molecule has 0 saturated heterocycles. The SMILES string of the molecule is C=CCn1c(SCC(=O)Nc2sc(C(N)=O)c(C)c2C(=O)OC)nnc1-c1ccc(Cl)cc1. The lowest BCUT2D eigenvalue weighted by Gasteiger charge is -2.08. The van der Waals surface area contributed by atoms with E-state index >= 15 is 0 Å². The molecule has 0 bridgehead atoms. The van der Waals surface area contributed by atoms with Crippen molar-refractivity contribution in [3.05, 3.63) is 57.9 Å².